The summed E-state index contributed by atoms with van der Waals surface area (Å²) in [5, 5.41) is 15.2. The van der Waals surface area contributed by atoms with Crippen LogP contribution < -0.4 is 20.4 Å². The van der Waals surface area contributed by atoms with Crippen molar-refractivity contribution in [2.75, 3.05) is 34.8 Å². The van der Waals surface area contributed by atoms with Crippen LogP contribution in [0, 0.1) is 0 Å². The summed E-state index contributed by atoms with van der Waals surface area (Å²) < 4.78 is 0. The third-order valence-corrected chi connectivity index (χ3v) is 5.84. The number of anilines is 3. The highest BCUT2D eigenvalue weighted by Gasteiger charge is 2.44. The Hall–Kier alpha value is -3.20. The molecule has 150 valence electrons. The number of urea groups is 1. The minimum atomic E-state index is -0.521. The van der Waals surface area contributed by atoms with Crippen LogP contribution in [-0.2, 0) is 0 Å². The first-order valence-corrected chi connectivity index (χ1v) is 9.79. The third-order valence-electron chi connectivity index (χ3n) is 5.84. The van der Waals surface area contributed by atoms with Crippen LogP contribution in [-0.4, -0.2) is 58.3 Å². The van der Waals surface area contributed by atoms with Crippen molar-refractivity contribution < 1.29 is 14.7 Å². The first-order chi connectivity index (χ1) is 14.1. The van der Waals surface area contributed by atoms with Gasteiger partial charge in [0.1, 0.15) is 11.5 Å². The van der Waals surface area contributed by atoms with E-state index in [1.54, 1.807) is 35.4 Å². The molecule has 2 aliphatic heterocycles. The lowest BCUT2D eigenvalue weighted by molar-refractivity contribution is 0.0901. The molecule has 2 aromatic rings. The van der Waals surface area contributed by atoms with Gasteiger partial charge in [0, 0.05) is 19.3 Å². The Morgan fingerprint density at radius 2 is 2.10 bits per heavy atom. The van der Waals surface area contributed by atoms with Crippen LogP contribution in [0.4, 0.5) is 22.1 Å². The quantitative estimate of drug-likeness (QED) is 0.722. The maximum Gasteiger partial charge on any atom is 0.329 e. The maximum absolute atomic E-state index is 13.1. The number of aliphatic hydroxyl groups excluding tert-OH is 1. The number of aromatic nitrogens is 2. The van der Waals surface area contributed by atoms with Gasteiger partial charge in [0.2, 0.25) is 0 Å². The second-order valence-corrected chi connectivity index (χ2v) is 7.84. The Kier molecular flexibility index (Phi) is 4.13. The average Bonchev–Trinajstić information content (AvgIpc) is 3.40. The van der Waals surface area contributed by atoms with E-state index in [-0.39, 0.29) is 30.3 Å². The summed E-state index contributed by atoms with van der Waals surface area (Å²) in [6.45, 7) is 1.49. The van der Waals surface area contributed by atoms with Gasteiger partial charge in [-0.15, -0.1) is 0 Å². The van der Waals surface area contributed by atoms with Crippen molar-refractivity contribution in [2.45, 2.75) is 30.8 Å². The molecule has 0 unspecified atom stereocenters. The van der Waals surface area contributed by atoms with E-state index in [9.17, 15) is 14.7 Å². The van der Waals surface area contributed by atoms with Gasteiger partial charge in [-0.05, 0) is 43.5 Å². The summed E-state index contributed by atoms with van der Waals surface area (Å²) in [6.07, 6.45) is 3.97. The highest BCUT2D eigenvalue weighted by atomic mass is 16.3. The van der Waals surface area contributed by atoms with Gasteiger partial charge in [-0.3, -0.25) is 15.0 Å². The zero-order valence-corrected chi connectivity index (χ0v) is 15.8. The Morgan fingerprint density at radius 3 is 2.83 bits per heavy atom. The van der Waals surface area contributed by atoms with Gasteiger partial charge < -0.3 is 15.3 Å². The van der Waals surface area contributed by atoms with Crippen molar-refractivity contribution >= 4 is 29.3 Å². The molecule has 2 aromatic heterocycles. The van der Waals surface area contributed by atoms with Crippen LogP contribution in [0.1, 0.15) is 29.8 Å². The molecule has 9 heteroatoms. The van der Waals surface area contributed by atoms with Crippen LogP contribution in [0.3, 0.4) is 0 Å². The second kappa shape index (κ2) is 6.70. The molecule has 29 heavy (non-hydrogen) atoms. The highest BCUT2D eigenvalue weighted by Crippen LogP contribution is 2.39. The zero-order valence-electron chi connectivity index (χ0n) is 15.8. The number of carbonyl (C=O) groups is 2. The van der Waals surface area contributed by atoms with Gasteiger partial charge in [0.25, 0.3) is 5.91 Å². The molecule has 0 spiro atoms. The second-order valence-electron chi connectivity index (χ2n) is 7.84. The first kappa shape index (κ1) is 17.9. The van der Waals surface area contributed by atoms with Crippen molar-refractivity contribution in [2.24, 2.45) is 0 Å². The lowest BCUT2D eigenvalue weighted by atomic mass is 10.1. The summed E-state index contributed by atoms with van der Waals surface area (Å²) >= 11 is 0. The van der Waals surface area contributed by atoms with Crippen LogP contribution in [0.5, 0.6) is 0 Å². The number of aliphatic hydroxyl groups is 1. The fraction of sp³-hybridized carbons (Fsp3) is 0.400. The average molecular weight is 394 g/mol. The number of hydrogen-bond donors (Lipinski definition) is 3. The van der Waals surface area contributed by atoms with E-state index in [0.29, 0.717) is 11.6 Å². The molecule has 3 amide bonds. The third kappa shape index (κ3) is 3.17. The van der Waals surface area contributed by atoms with E-state index in [2.05, 4.69) is 25.5 Å². The largest absolute Gasteiger partial charge is 0.394 e. The molecular weight excluding hydrogens is 372 g/mol. The Balaban J connectivity index is 1.45. The Morgan fingerprint density at radius 1 is 1.24 bits per heavy atom. The number of hydrogen-bond acceptors (Lipinski definition) is 6. The maximum atomic E-state index is 13.1. The van der Waals surface area contributed by atoms with Crippen LogP contribution in [0.25, 0.3) is 0 Å². The number of nitrogens with one attached hydrogen (secondary N) is 2. The van der Waals surface area contributed by atoms with Crippen molar-refractivity contribution in [3.63, 3.8) is 0 Å². The SMILES string of the molecule is O=C(NC1(CO)CC1)c1ccc2c(n1)N(C(=O)Nc1ccccn1)[C@H]1CCN2C1. The van der Waals surface area contributed by atoms with Gasteiger partial charge in [0.15, 0.2) is 5.82 Å². The molecule has 2 bridgehead atoms. The molecule has 1 saturated carbocycles. The van der Waals surface area contributed by atoms with Gasteiger partial charge in [0.05, 0.1) is 23.9 Å². The van der Waals surface area contributed by atoms with Crippen LogP contribution in [0.15, 0.2) is 36.5 Å². The predicted molar refractivity (Wildman–Crippen MR) is 107 cm³/mol. The molecule has 1 saturated heterocycles. The Labute approximate surface area is 167 Å². The lowest BCUT2D eigenvalue weighted by Gasteiger charge is -2.35. The van der Waals surface area contributed by atoms with E-state index in [1.807, 2.05) is 6.07 Å². The lowest BCUT2D eigenvalue weighted by Crippen LogP contribution is -2.48. The molecule has 0 radical (unpaired) electrons. The summed E-state index contributed by atoms with van der Waals surface area (Å²) in [5.74, 6) is 0.609. The summed E-state index contributed by atoms with van der Waals surface area (Å²) in [5.41, 5.74) is 0.559. The molecule has 4 heterocycles. The standard InChI is InChI=1S/C20H22N6O3/c27-12-20(7-8-20)24-18(28)14-4-5-15-17(22-14)26(13-6-10-25(15)11-13)19(29)23-16-3-1-2-9-21-16/h1-5,9,13,27H,6-8,10-12H2,(H,24,28)(H,21,23,29)/t13-/m0/s1. The number of nitrogens with zero attached hydrogens (tertiary/aromatic N) is 4. The van der Waals surface area contributed by atoms with Crippen molar-refractivity contribution in [3.8, 4) is 0 Å². The highest BCUT2D eigenvalue weighted by molar-refractivity contribution is 6.05. The van der Waals surface area contributed by atoms with Crippen molar-refractivity contribution in [1.82, 2.24) is 15.3 Å². The van der Waals surface area contributed by atoms with E-state index >= 15 is 0 Å². The zero-order chi connectivity index (χ0) is 20.0. The van der Waals surface area contributed by atoms with Crippen molar-refractivity contribution in [1.29, 1.82) is 0 Å². The number of carbonyl (C=O) groups excluding carboxylic acids is 2. The molecule has 9 nitrogen and oxygen atoms in total. The number of fused-ring (bicyclic) bond motifs is 4. The van der Waals surface area contributed by atoms with Crippen molar-refractivity contribution in [3.05, 3.63) is 42.2 Å². The fourth-order valence-electron chi connectivity index (χ4n) is 3.98. The number of rotatable bonds is 4. The van der Waals surface area contributed by atoms with Gasteiger partial charge in [-0.2, -0.15) is 0 Å². The molecule has 2 fully saturated rings. The van der Waals surface area contributed by atoms with E-state index in [0.717, 1.165) is 38.0 Å². The molecule has 5 rings (SSSR count). The van der Waals surface area contributed by atoms with E-state index in [4.69, 9.17) is 0 Å². The number of amides is 3. The minimum absolute atomic E-state index is 0.00996. The fourth-order valence-corrected chi connectivity index (χ4v) is 3.98. The minimum Gasteiger partial charge on any atom is -0.394 e. The molecule has 3 aliphatic rings. The van der Waals surface area contributed by atoms with Crippen LogP contribution >= 0.6 is 0 Å². The molecule has 3 N–H and O–H groups in total. The van der Waals surface area contributed by atoms with E-state index < -0.39 is 5.54 Å². The number of pyridine rings is 2. The molecule has 1 aliphatic carbocycles. The van der Waals surface area contributed by atoms with Gasteiger partial charge in [-0.1, -0.05) is 6.07 Å². The topological polar surface area (TPSA) is 111 Å². The predicted octanol–water partition coefficient (Wildman–Crippen LogP) is 1.36. The molecular formula is C20H22N6O3. The van der Waals surface area contributed by atoms with E-state index in [1.165, 1.54) is 0 Å². The first-order valence-electron chi connectivity index (χ1n) is 9.79. The van der Waals surface area contributed by atoms with Gasteiger partial charge in [-0.25, -0.2) is 14.8 Å². The van der Waals surface area contributed by atoms with Gasteiger partial charge >= 0.3 is 6.03 Å². The molecule has 0 aromatic carbocycles. The Bertz CT molecular complexity index is 962. The summed E-state index contributed by atoms with van der Waals surface area (Å²) in [7, 11) is 0. The summed E-state index contributed by atoms with van der Waals surface area (Å²) in [6, 6.07) is 8.52. The monoisotopic (exact) mass is 394 g/mol. The normalized spacial score (nSPS) is 20.8. The summed E-state index contributed by atoms with van der Waals surface area (Å²) in [4.78, 5) is 38.3. The molecule has 1 atom stereocenters. The smallest absolute Gasteiger partial charge is 0.329 e. The van der Waals surface area contributed by atoms with Crippen LogP contribution in [0.2, 0.25) is 0 Å².